The van der Waals surface area contributed by atoms with E-state index in [1.807, 2.05) is 0 Å². The SMILES string of the molecule is COc1ccc(C(C)O)c(N)c1. The molecule has 1 aromatic carbocycles. The number of hydrogen-bond donors (Lipinski definition) is 2. The van der Waals surface area contributed by atoms with Gasteiger partial charge in [-0.1, -0.05) is 6.07 Å². The maximum Gasteiger partial charge on any atom is 0.120 e. The monoisotopic (exact) mass is 167 g/mol. The fourth-order valence-electron chi connectivity index (χ4n) is 1.06. The average molecular weight is 167 g/mol. The third-order valence-electron chi connectivity index (χ3n) is 1.74. The van der Waals surface area contributed by atoms with Gasteiger partial charge >= 0.3 is 0 Å². The predicted octanol–water partition coefficient (Wildman–Crippen LogP) is 1.33. The Bertz CT molecular complexity index is 271. The summed E-state index contributed by atoms with van der Waals surface area (Å²) >= 11 is 0. The van der Waals surface area contributed by atoms with Crippen LogP contribution in [0.2, 0.25) is 0 Å². The molecule has 3 nitrogen and oxygen atoms in total. The number of aliphatic hydroxyl groups excluding tert-OH is 1. The molecule has 3 N–H and O–H groups in total. The third kappa shape index (κ3) is 1.68. The van der Waals surface area contributed by atoms with Gasteiger partial charge in [-0.2, -0.15) is 0 Å². The molecular weight excluding hydrogens is 154 g/mol. The van der Waals surface area contributed by atoms with Gasteiger partial charge in [0.2, 0.25) is 0 Å². The normalized spacial score (nSPS) is 12.6. The minimum atomic E-state index is -0.532. The number of nitrogens with two attached hydrogens (primary N) is 1. The van der Waals surface area contributed by atoms with Crippen LogP contribution in [0.4, 0.5) is 5.69 Å². The number of ether oxygens (including phenoxy) is 1. The van der Waals surface area contributed by atoms with Crippen LogP contribution >= 0.6 is 0 Å². The molecule has 0 saturated heterocycles. The average Bonchev–Trinajstić information content (AvgIpc) is 2.03. The van der Waals surface area contributed by atoms with E-state index in [0.717, 1.165) is 5.56 Å². The van der Waals surface area contributed by atoms with Crippen LogP contribution in [-0.4, -0.2) is 12.2 Å². The number of methoxy groups -OCH3 is 1. The number of rotatable bonds is 2. The molecular formula is C9H13NO2. The minimum Gasteiger partial charge on any atom is -0.497 e. The van der Waals surface area contributed by atoms with Crippen molar-refractivity contribution in [1.29, 1.82) is 0 Å². The largest absolute Gasteiger partial charge is 0.497 e. The first-order valence-corrected chi connectivity index (χ1v) is 3.76. The molecule has 0 fully saturated rings. The van der Waals surface area contributed by atoms with Gasteiger partial charge in [-0.05, 0) is 13.0 Å². The second-order valence-corrected chi connectivity index (χ2v) is 2.67. The van der Waals surface area contributed by atoms with Gasteiger partial charge in [0.25, 0.3) is 0 Å². The van der Waals surface area contributed by atoms with Gasteiger partial charge in [0.15, 0.2) is 0 Å². The summed E-state index contributed by atoms with van der Waals surface area (Å²) in [4.78, 5) is 0. The van der Waals surface area contributed by atoms with Gasteiger partial charge in [-0.3, -0.25) is 0 Å². The highest BCUT2D eigenvalue weighted by Gasteiger charge is 2.05. The van der Waals surface area contributed by atoms with Gasteiger partial charge in [-0.15, -0.1) is 0 Å². The molecule has 0 spiro atoms. The number of benzene rings is 1. The number of anilines is 1. The minimum absolute atomic E-state index is 0.532. The maximum absolute atomic E-state index is 9.25. The lowest BCUT2D eigenvalue weighted by Gasteiger charge is -2.09. The van der Waals surface area contributed by atoms with E-state index >= 15 is 0 Å². The molecule has 1 unspecified atom stereocenters. The molecule has 12 heavy (non-hydrogen) atoms. The Kier molecular flexibility index (Phi) is 2.55. The zero-order valence-corrected chi connectivity index (χ0v) is 7.24. The van der Waals surface area contributed by atoms with E-state index in [1.54, 1.807) is 32.2 Å². The Morgan fingerprint density at radius 1 is 1.50 bits per heavy atom. The molecule has 3 heteroatoms. The highest BCUT2D eigenvalue weighted by Crippen LogP contribution is 2.24. The molecule has 66 valence electrons. The van der Waals surface area contributed by atoms with Crippen molar-refractivity contribution in [1.82, 2.24) is 0 Å². The van der Waals surface area contributed by atoms with E-state index in [4.69, 9.17) is 10.5 Å². The van der Waals surface area contributed by atoms with Gasteiger partial charge in [-0.25, -0.2) is 0 Å². The van der Waals surface area contributed by atoms with Crippen LogP contribution in [0.25, 0.3) is 0 Å². The summed E-state index contributed by atoms with van der Waals surface area (Å²) in [5.74, 6) is 0.705. The Morgan fingerprint density at radius 2 is 2.17 bits per heavy atom. The fourth-order valence-corrected chi connectivity index (χ4v) is 1.06. The number of aliphatic hydroxyl groups is 1. The van der Waals surface area contributed by atoms with E-state index in [-0.39, 0.29) is 0 Å². The van der Waals surface area contributed by atoms with E-state index in [0.29, 0.717) is 11.4 Å². The van der Waals surface area contributed by atoms with Crippen molar-refractivity contribution in [2.45, 2.75) is 13.0 Å². The molecule has 0 amide bonds. The van der Waals surface area contributed by atoms with Gasteiger partial charge in [0.05, 0.1) is 13.2 Å². The summed E-state index contributed by atoms with van der Waals surface area (Å²) in [5, 5.41) is 9.25. The predicted molar refractivity (Wildman–Crippen MR) is 48.0 cm³/mol. The second-order valence-electron chi connectivity index (χ2n) is 2.67. The van der Waals surface area contributed by atoms with E-state index in [9.17, 15) is 5.11 Å². The molecule has 0 bridgehead atoms. The van der Waals surface area contributed by atoms with Crippen molar-refractivity contribution in [2.75, 3.05) is 12.8 Å². The van der Waals surface area contributed by atoms with E-state index < -0.39 is 6.10 Å². The van der Waals surface area contributed by atoms with E-state index in [2.05, 4.69) is 0 Å². The molecule has 1 atom stereocenters. The summed E-state index contributed by atoms with van der Waals surface area (Å²) < 4.78 is 4.97. The summed E-state index contributed by atoms with van der Waals surface area (Å²) in [7, 11) is 1.58. The summed E-state index contributed by atoms with van der Waals surface area (Å²) in [5.41, 5.74) is 6.95. The van der Waals surface area contributed by atoms with Crippen LogP contribution in [0.15, 0.2) is 18.2 Å². The van der Waals surface area contributed by atoms with Crippen molar-refractivity contribution in [3.63, 3.8) is 0 Å². The molecule has 1 rings (SSSR count). The summed E-state index contributed by atoms with van der Waals surface area (Å²) in [6.07, 6.45) is -0.532. The molecule has 0 aromatic heterocycles. The summed E-state index contributed by atoms with van der Waals surface area (Å²) in [6.45, 7) is 1.68. The van der Waals surface area contributed by atoms with Crippen molar-refractivity contribution in [3.05, 3.63) is 23.8 Å². The fraction of sp³-hybridized carbons (Fsp3) is 0.333. The zero-order chi connectivity index (χ0) is 9.14. The summed E-state index contributed by atoms with van der Waals surface area (Å²) in [6, 6.07) is 5.24. The van der Waals surface area contributed by atoms with Crippen LogP contribution in [-0.2, 0) is 0 Å². The Morgan fingerprint density at radius 3 is 2.58 bits per heavy atom. The third-order valence-corrected chi connectivity index (χ3v) is 1.74. The van der Waals surface area contributed by atoms with Crippen LogP contribution in [0.3, 0.4) is 0 Å². The molecule has 0 radical (unpaired) electrons. The first-order chi connectivity index (χ1) is 5.65. The molecule has 0 aliphatic heterocycles. The van der Waals surface area contributed by atoms with Crippen molar-refractivity contribution >= 4 is 5.69 Å². The maximum atomic E-state index is 9.25. The topological polar surface area (TPSA) is 55.5 Å². The molecule has 0 aliphatic carbocycles. The highest BCUT2D eigenvalue weighted by molar-refractivity contribution is 5.52. The quantitative estimate of drug-likeness (QED) is 0.653. The Hall–Kier alpha value is -1.22. The molecule has 0 saturated carbocycles. The Balaban J connectivity index is 3.03. The van der Waals surface area contributed by atoms with Crippen LogP contribution in [0.5, 0.6) is 5.75 Å². The standard InChI is InChI=1S/C9H13NO2/c1-6(11)8-4-3-7(12-2)5-9(8)10/h3-6,11H,10H2,1-2H3. The highest BCUT2D eigenvalue weighted by atomic mass is 16.5. The van der Waals surface area contributed by atoms with Crippen molar-refractivity contribution in [2.24, 2.45) is 0 Å². The zero-order valence-electron chi connectivity index (χ0n) is 7.24. The van der Waals surface area contributed by atoms with Gasteiger partial charge < -0.3 is 15.6 Å². The lowest BCUT2D eigenvalue weighted by atomic mass is 10.1. The number of hydrogen-bond acceptors (Lipinski definition) is 3. The smallest absolute Gasteiger partial charge is 0.120 e. The lowest BCUT2D eigenvalue weighted by Crippen LogP contribution is -1.98. The van der Waals surface area contributed by atoms with Crippen molar-refractivity contribution < 1.29 is 9.84 Å². The lowest BCUT2D eigenvalue weighted by molar-refractivity contribution is 0.200. The van der Waals surface area contributed by atoms with Gasteiger partial charge in [0, 0.05) is 17.3 Å². The Labute approximate surface area is 71.8 Å². The number of nitrogen functional groups attached to an aromatic ring is 1. The molecule has 0 heterocycles. The molecule has 1 aromatic rings. The van der Waals surface area contributed by atoms with E-state index in [1.165, 1.54) is 0 Å². The van der Waals surface area contributed by atoms with Crippen molar-refractivity contribution in [3.8, 4) is 5.75 Å². The molecule has 0 aliphatic rings. The first-order valence-electron chi connectivity index (χ1n) is 3.76. The first kappa shape index (κ1) is 8.87. The van der Waals surface area contributed by atoms with Crippen LogP contribution in [0, 0.1) is 0 Å². The second kappa shape index (κ2) is 3.45. The van der Waals surface area contributed by atoms with Crippen LogP contribution < -0.4 is 10.5 Å². The van der Waals surface area contributed by atoms with Crippen LogP contribution in [0.1, 0.15) is 18.6 Å². The van der Waals surface area contributed by atoms with Gasteiger partial charge in [0.1, 0.15) is 5.75 Å².